The Morgan fingerprint density at radius 2 is 1.93 bits per heavy atom. The second-order valence-corrected chi connectivity index (χ2v) is 4.00. The number of aliphatic hydroxyl groups excluding tert-OH is 1. The van der Waals surface area contributed by atoms with Crippen LogP contribution in [-0.4, -0.2) is 17.8 Å². The summed E-state index contributed by atoms with van der Waals surface area (Å²) in [5.41, 5.74) is 8.00. The Labute approximate surface area is 87.5 Å². The van der Waals surface area contributed by atoms with Crippen LogP contribution < -0.4 is 5.73 Å². The molecule has 1 atom stereocenters. The fourth-order valence-corrected chi connectivity index (χ4v) is 1.12. The predicted molar refractivity (Wildman–Crippen MR) is 62.1 cm³/mol. The maximum absolute atomic E-state index is 9.24. The van der Waals surface area contributed by atoms with Crippen LogP contribution in [0.2, 0.25) is 0 Å². The fraction of sp³-hybridized carbons (Fsp3) is 0.667. The highest BCUT2D eigenvalue weighted by Crippen LogP contribution is 2.08. The van der Waals surface area contributed by atoms with Crippen LogP contribution in [0.1, 0.15) is 40.0 Å². The van der Waals surface area contributed by atoms with E-state index < -0.39 is 0 Å². The molecule has 0 saturated carbocycles. The van der Waals surface area contributed by atoms with Crippen LogP contribution >= 0.6 is 0 Å². The molecule has 0 aliphatic rings. The van der Waals surface area contributed by atoms with E-state index in [1.54, 1.807) is 0 Å². The van der Waals surface area contributed by atoms with E-state index in [1.165, 1.54) is 11.1 Å². The van der Waals surface area contributed by atoms with E-state index in [4.69, 9.17) is 5.73 Å². The smallest absolute Gasteiger partial charge is 0.0696 e. The molecule has 0 aromatic carbocycles. The van der Waals surface area contributed by atoms with E-state index in [2.05, 4.69) is 32.9 Å². The van der Waals surface area contributed by atoms with Crippen molar-refractivity contribution in [1.29, 1.82) is 0 Å². The van der Waals surface area contributed by atoms with Crippen molar-refractivity contribution in [2.45, 2.75) is 46.1 Å². The van der Waals surface area contributed by atoms with Crippen molar-refractivity contribution in [3.63, 3.8) is 0 Å². The number of rotatable bonds is 6. The quantitative estimate of drug-likeness (QED) is 0.642. The zero-order valence-corrected chi connectivity index (χ0v) is 9.59. The highest BCUT2D eigenvalue weighted by Gasteiger charge is 1.97. The summed E-state index contributed by atoms with van der Waals surface area (Å²) in [6.45, 7) is 6.66. The molecule has 3 N–H and O–H groups in total. The summed E-state index contributed by atoms with van der Waals surface area (Å²) in [5, 5.41) is 9.24. The van der Waals surface area contributed by atoms with E-state index in [-0.39, 0.29) is 6.10 Å². The van der Waals surface area contributed by atoms with Gasteiger partial charge in [0.15, 0.2) is 0 Å². The minimum atomic E-state index is -0.381. The summed E-state index contributed by atoms with van der Waals surface area (Å²) in [5.74, 6) is 0. The monoisotopic (exact) mass is 197 g/mol. The summed E-state index contributed by atoms with van der Waals surface area (Å²) in [4.78, 5) is 0. The average molecular weight is 197 g/mol. The third-order valence-electron chi connectivity index (χ3n) is 2.10. The summed E-state index contributed by atoms with van der Waals surface area (Å²) in [6, 6.07) is 0. The molecule has 0 rings (SSSR count). The van der Waals surface area contributed by atoms with E-state index in [0.29, 0.717) is 13.0 Å². The zero-order chi connectivity index (χ0) is 11.0. The lowest BCUT2D eigenvalue weighted by atomic mass is 10.1. The van der Waals surface area contributed by atoms with Crippen LogP contribution in [0.3, 0.4) is 0 Å². The van der Waals surface area contributed by atoms with Crippen molar-refractivity contribution < 1.29 is 5.11 Å². The molecule has 82 valence electrons. The van der Waals surface area contributed by atoms with Gasteiger partial charge in [-0.25, -0.2) is 0 Å². The number of hydrogen-bond donors (Lipinski definition) is 2. The minimum Gasteiger partial charge on any atom is -0.391 e. The number of allylic oxidation sites excluding steroid dienone is 3. The van der Waals surface area contributed by atoms with Crippen molar-refractivity contribution in [3.8, 4) is 0 Å². The zero-order valence-electron chi connectivity index (χ0n) is 9.59. The number of nitrogens with two attached hydrogens (primary N) is 1. The van der Waals surface area contributed by atoms with Gasteiger partial charge in [-0.3, -0.25) is 0 Å². The molecular formula is C12H23NO. The topological polar surface area (TPSA) is 46.2 Å². The Bertz CT molecular complexity index is 202. The molecule has 0 saturated heterocycles. The molecule has 0 bridgehead atoms. The Morgan fingerprint density at radius 1 is 1.29 bits per heavy atom. The summed E-state index contributed by atoms with van der Waals surface area (Å²) in [7, 11) is 0. The van der Waals surface area contributed by atoms with Crippen LogP contribution in [-0.2, 0) is 0 Å². The summed E-state index contributed by atoms with van der Waals surface area (Å²) < 4.78 is 0. The fourth-order valence-electron chi connectivity index (χ4n) is 1.12. The van der Waals surface area contributed by atoms with Crippen molar-refractivity contribution >= 4 is 0 Å². The molecule has 0 heterocycles. The maximum Gasteiger partial charge on any atom is 0.0696 e. The Balaban J connectivity index is 3.72. The molecule has 0 aliphatic carbocycles. The summed E-state index contributed by atoms with van der Waals surface area (Å²) in [6.07, 6.45) is 6.77. The van der Waals surface area contributed by atoms with Gasteiger partial charge in [0, 0.05) is 6.54 Å². The Kier molecular flexibility index (Phi) is 7.44. The van der Waals surface area contributed by atoms with Crippen molar-refractivity contribution in [2.24, 2.45) is 5.73 Å². The van der Waals surface area contributed by atoms with Crippen molar-refractivity contribution in [3.05, 3.63) is 23.3 Å². The molecule has 1 unspecified atom stereocenters. The van der Waals surface area contributed by atoms with E-state index >= 15 is 0 Å². The minimum absolute atomic E-state index is 0.345. The third-order valence-corrected chi connectivity index (χ3v) is 2.10. The average Bonchev–Trinajstić information content (AvgIpc) is 2.13. The lowest BCUT2D eigenvalue weighted by Crippen LogP contribution is -2.18. The van der Waals surface area contributed by atoms with Gasteiger partial charge in [-0.2, -0.15) is 0 Å². The Morgan fingerprint density at radius 3 is 2.43 bits per heavy atom. The van der Waals surface area contributed by atoms with Crippen LogP contribution in [0.4, 0.5) is 0 Å². The largest absolute Gasteiger partial charge is 0.391 e. The van der Waals surface area contributed by atoms with Crippen LogP contribution in [0.25, 0.3) is 0 Å². The molecule has 0 aromatic rings. The number of aliphatic hydroxyl groups is 1. The van der Waals surface area contributed by atoms with Crippen LogP contribution in [0.15, 0.2) is 23.3 Å². The SMILES string of the molecule is CC(C)=CCCC(C)=CCC(O)CN. The molecule has 14 heavy (non-hydrogen) atoms. The molecule has 0 aliphatic heterocycles. The normalized spacial score (nSPS) is 13.9. The molecule has 2 heteroatoms. The number of hydrogen-bond acceptors (Lipinski definition) is 2. The predicted octanol–water partition coefficient (Wildman–Crippen LogP) is 2.39. The van der Waals surface area contributed by atoms with Crippen LogP contribution in [0.5, 0.6) is 0 Å². The van der Waals surface area contributed by atoms with Gasteiger partial charge < -0.3 is 10.8 Å². The van der Waals surface area contributed by atoms with Gasteiger partial charge in [0.25, 0.3) is 0 Å². The maximum atomic E-state index is 9.24. The second-order valence-electron chi connectivity index (χ2n) is 4.00. The van der Waals surface area contributed by atoms with Crippen molar-refractivity contribution in [1.82, 2.24) is 0 Å². The lowest BCUT2D eigenvalue weighted by molar-refractivity contribution is 0.186. The van der Waals surface area contributed by atoms with Gasteiger partial charge in [0.1, 0.15) is 0 Å². The molecular weight excluding hydrogens is 174 g/mol. The Hall–Kier alpha value is -0.600. The van der Waals surface area contributed by atoms with Crippen LogP contribution in [0, 0.1) is 0 Å². The van der Waals surface area contributed by atoms with Crippen molar-refractivity contribution in [2.75, 3.05) is 6.54 Å². The first kappa shape index (κ1) is 13.4. The van der Waals surface area contributed by atoms with Gasteiger partial charge >= 0.3 is 0 Å². The molecule has 0 radical (unpaired) electrons. The molecule has 0 fully saturated rings. The molecule has 0 spiro atoms. The summed E-state index contributed by atoms with van der Waals surface area (Å²) >= 11 is 0. The van der Waals surface area contributed by atoms with Gasteiger partial charge in [-0.05, 0) is 40.0 Å². The standard InChI is InChI=1S/C12H23NO/c1-10(2)5-4-6-11(3)7-8-12(14)9-13/h5,7,12,14H,4,6,8-9,13H2,1-3H3. The first-order valence-electron chi connectivity index (χ1n) is 5.23. The second kappa shape index (κ2) is 7.77. The van der Waals surface area contributed by atoms with Gasteiger partial charge in [-0.15, -0.1) is 0 Å². The molecule has 2 nitrogen and oxygen atoms in total. The highest BCUT2D eigenvalue weighted by molar-refractivity contribution is 5.02. The van der Waals surface area contributed by atoms with E-state index in [1.807, 2.05) is 0 Å². The van der Waals surface area contributed by atoms with E-state index in [9.17, 15) is 5.11 Å². The molecule has 0 aromatic heterocycles. The molecule has 0 amide bonds. The first-order chi connectivity index (χ1) is 6.56. The highest BCUT2D eigenvalue weighted by atomic mass is 16.3. The lowest BCUT2D eigenvalue weighted by Gasteiger charge is -2.04. The first-order valence-corrected chi connectivity index (χ1v) is 5.23. The van der Waals surface area contributed by atoms with Gasteiger partial charge in [0.05, 0.1) is 6.10 Å². The van der Waals surface area contributed by atoms with E-state index in [0.717, 1.165) is 12.8 Å². The van der Waals surface area contributed by atoms with Gasteiger partial charge in [-0.1, -0.05) is 23.3 Å². The van der Waals surface area contributed by atoms with Gasteiger partial charge in [0.2, 0.25) is 0 Å². The third kappa shape index (κ3) is 8.02.